The topological polar surface area (TPSA) is 30.9 Å². The van der Waals surface area contributed by atoms with Gasteiger partial charge in [0.2, 0.25) is 0 Å². The van der Waals surface area contributed by atoms with Crippen LogP contribution in [0.25, 0.3) is 0 Å². The van der Waals surface area contributed by atoms with E-state index < -0.39 is 0 Å². The molecule has 1 heterocycles. The van der Waals surface area contributed by atoms with E-state index in [1.54, 1.807) is 0 Å². The fourth-order valence-corrected chi connectivity index (χ4v) is 2.04. The first-order valence-electron chi connectivity index (χ1n) is 6.53. The minimum absolute atomic E-state index is 0.129. The van der Waals surface area contributed by atoms with Crippen LogP contribution >= 0.6 is 0 Å². The van der Waals surface area contributed by atoms with Gasteiger partial charge in [0, 0.05) is 25.0 Å². The zero-order chi connectivity index (χ0) is 13.1. The van der Waals surface area contributed by atoms with Crippen LogP contribution in [-0.2, 0) is 6.54 Å². The van der Waals surface area contributed by atoms with Gasteiger partial charge in [-0.3, -0.25) is 0 Å². The molecular weight excluding hydrogens is 220 g/mol. The van der Waals surface area contributed by atoms with Gasteiger partial charge in [-0.1, -0.05) is 43.7 Å². The molecule has 2 N–H and O–H groups in total. The summed E-state index contributed by atoms with van der Waals surface area (Å²) < 4.78 is 2.20. The van der Waals surface area contributed by atoms with E-state index in [-0.39, 0.29) is 6.04 Å². The number of hydrogen-bond acceptors (Lipinski definition) is 1. The van der Waals surface area contributed by atoms with Gasteiger partial charge in [-0.05, 0) is 30.0 Å². The summed E-state index contributed by atoms with van der Waals surface area (Å²) in [4.78, 5) is 0. The predicted octanol–water partition coefficient (Wildman–Crippen LogP) is 3.50. The Labute approximate surface area is 109 Å². The fourth-order valence-electron chi connectivity index (χ4n) is 2.04. The molecule has 1 atom stereocenters. The second-order valence-corrected chi connectivity index (χ2v) is 5.37. The molecule has 2 rings (SSSR count). The minimum Gasteiger partial charge on any atom is -0.350 e. The highest BCUT2D eigenvalue weighted by Crippen LogP contribution is 2.19. The second-order valence-electron chi connectivity index (χ2n) is 5.37. The molecular formula is C16H22N2. The lowest BCUT2D eigenvalue weighted by Gasteiger charge is -2.13. The monoisotopic (exact) mass is 242 g/mol. The Bertz CT molecular complexity index is 494. The number of benzene rings is 1. The molecule has 2 aromatic rings. The summed E-state index contributed by atoms with van der Waals surface area (Å²) in [5.41, 5.74) is 9.99. The van der Waals surface area contributed by atoms with Crippen LogP contribution in [0.2, 0.25) is 0 Å². The predicted molar refractivity (Wildman–Crippen MR) is 76.5 cm³/mol. The summed E-state index contributed by atoms with van der Waals surface area (Å²) in [6, 6.07) is 10.9. The van der Waals surface area contributed by atoms with Gasteiger partial charge in [0.1, 0.15) is 0 Å². The van der Waals surface area contributed by atoms with Crippen molar-refractivity contribution < 1.29 is 0 Å². The van der Waals surface area contributed by atoms with Gasteiger partial charge in [-0.25, -0.2) is 0 Å². The third-order valence-corrected chi connectivity index (χ3v) is 3.36. The van der Waals surface area contributed by atoms with Crippen LogP contribution in [0.4, 0.5) is 0 Å². The first-order valence-corrected chi connectivity index (χ1v) is 6.53. The van der Waals surface area contributed by atoms with Crippen LogP contribution in [-0.4, -0.2) is 4.57 Å². The molecule has 1 unspecified atom stereocenters. The number of nitrogens with zero attached hydrogens (tertiary/aromatic N) is 1. The zero-order valence-electron chi connectivity index (χ0n) is 11.4. The standard InChI is InChI=1S/C16H22N2/c1-12(2)16(17)15-8-9-18(11-15)10-14-6-4-13(3)5-7-14/h4-9,11-12,16H,10,17H2,1-3H3. The molecule has 2 nitrogen and oxygen atoms in total. The van der Waals surface area contributed by atoms with Crippen LogP contribution in [0.5, 0.6) is 0 Å². The lowest BCUT2D eigenvalue weighted by atomic mass is 10.00. The number of rotatable bonds is 4. The van der Waals surface area contributed by atoms with Crippen LogP contribution in [0.3, 0.4) is 0 Å². The summed E-state index contributed by atoms with van der Waals surface area (Å²) in [6.45, 7) is 7.33. The molecule has 0 saturated heterocycles. The van der Waals surface area contributed by atoms with Crippen LogP contribution in [0.15, 0.2) is 42.7 Å². The average Bonchev–Trinajstić information content (AvgIpc) is 2.79. The number of aromatic nitrogens is 1. The Balaban J connectivity index is 2.09. The maximum Gasteiger partial charge on any atom is 0.0470 e. The maximum atomic E-state index is 6.15. The van der Waals surface area contributed by atoms with E-state index in [0.29, 0.717) is 5.92 Å². The average molecular weight is 242 g/mol. The molecule has 0 saturated carbocycles. The van der Waals surface area contributed by atoms with Crippen molar-refractivity contribution in [2.24, 2.45) is 11.7 Å². The van der Waals surface area contributed by atoms with Crippen LogP contribution in [0.1, 0.15) is 36.6 Å². The first kappa shape index (κ1) is 12.9. The number of aryl methyl sites for hydroxylation is 1. The van der Waals surface area contributed by atoms with Crippen LogP contribution in [0, 0.1) is 12.8 Å². The highest BCUT2D eigenvalue weighted by atomic mass is 14.9. The summed E-state index contributed by atoms with van der Waals surface area (Å²) in [5.74, 6) is 0.472. The van der Waals surface area contributed by atoms with Gasteiger partial charge in [0.25, 0.3) is 0 Å². The van der Waals surface area contributed by atoms with Gasteiger partial charge in [0.05, 0.1) is 0 Å². The minimum atomic E-state index is 0.129. The lowest BCUT2D eigenvalue weighted by molar-refractivity contribution is 0.513. The molecule has 0 aliphatic heterocycles. The molecule has 1 aromatic carbocycles. The van der Waals surface area contributed by atoms with Crippen molar-refractivity contribution in [1.82, 2.24) is 4.57 Å². The van der Waals surface area contributed by atoms with E-state index in [4.69, 9.17) is 5.73 Å². The number of nitrogens with two attached hydrogens (primary N) is 1. The fraction of sp³-hybridized carbons (Fsp3) is 0.375. The molecule has 0 spiro atoms. The molecule has 0 aliphatic carbocycles. The van der Waals surface area contributed by atoms with E-state index in [1.165, 1.54) is 16.7 Å². The smallest absolute Gasteiger partial charge is 0.0470 e. The second kappa shape index (κ2) is 5.40. The molecule has 96 valence electrons. The maximum absolute atomic E-state index is 6.15. The van der Waals surface area contributed by atoms with E-state index in [9.17, 15) is 0 Å². The van der Waals surface area contributed by atoms with E-state index >= 15 is 0 Å². The van der Waals surface area contributed by atoms with Crippen molar-refractivity contribution in [2.75, 3.05) is 0 Å². The summed E-state index contributed by atoms with van der Waals surface area (Å²) >= 11 is 0. The largest absolute Gasteiger partial charge is 0.350 e. The quantitative estimate of drug-likeness (QED) is 0.874. The number of hydrogen-bond donors (Lipinski definition) is 1. The van der Waals surface area contributed by atoms with Crippen molar-refractivity contribution in [2.45, 2.75) is 33.4 Å². The molecule has 0 amide bonds. The molecule has 0 radical (unpaired) electrons. The third kappa shape index (κ3) is 3.02. The molecule has 0 aliphatic rings. The Morgan fingerprint density at radius 1 is 1.11 bits per heavy atom. The van der Waals surface area contributed by atoms with E-state index in [2.05, 4.69) is 68.1 Å². The van der Waals surface area contributed by atoms with Crippen molar-refractivity contribution in [3.05, 3.63) is 59.4 Å². The van der Waals surface area contributed by atoms with Gasteiger partial charge >= 0.3 is 0 Å². The Morgan fingerprint density at radius 3 is 2.39 bits per heavy atom. The third-order valence-electron chi connectivity index (χ3n) is 3.36. The van der Waals surface area contributed by atoms with Crippen molar-refractivity contribution >= 4 is 0 Å². The molecule has 1 aromatic heterocycles. The van der Waals surface area contributed by atoms with Crippen molar-refractivity contribution in [1.29, 1.82) is 0 Å². The van der Waals surface area contributed by atoms with Gasteiger partial charge in [-0.2, -0.15) is 0 Å². The van der Waals surface area contributed by atoms with Gasteiger partial charge in [-0.15, -0.1) is 0 Å². The Hall–Kier alpha value is -1.54. The Morgan fingerprint density at radius 2 is 1.78 bits per heavy atom. The summed E-state index contributed by atoms with van der Waals surface area (Å²) in [6.07, 6.45) is 4.27. The van der Waals surface area contributed by atoms with E-state index in [1.807, 2.05) is 0 Å². The molecule has 0 bridgehead atoms. The Kier molecular flexibility index (Phi) is 3.87. The highest BCUT2D eigenvalue weighted by Gasteiger charge is 2.11. The zero-order valence-corrected chi connectivity index (χ0v) is 11.4. The molecule has 0 fully saturated rings. The van der Waals surface area contributed by atoms with Gasteiger partial charge in [0.15, 0.2) is 0 Å². The van der Waals surface area contributed by atoms with Crippen molar-refractivity contribution in [3.63, 3.8) is 0 Å². The van der Waals surface area contributed by atoms with Gasteiger partial charge < -0.3 is 10.3 Å². The SMILES string of the molecule is Cc1ccc(Cn2ccc(C(N)C(C)C)c2)cc1. The highest BCUT2D eigenvalue weighted by molar-refractivity contribution is 5.23. The lowest BCUT2D eigenvalue weighted by Crippen LogP contribution is -2.15. The van der Waals surface area contributed by atoms with Crippen molar-refractivity contribution in [3.8, 4) is 0 Å². The molecule has 18 heavy (non-hydrogen) atoms. The summed E-state index contributed by atoms with van der Waals surface area (Å²) in [5, 5.41) is 0. The normalized spacial score (nSPS) is 12.9. The van der Waals surface area contributed by atoms with E-state index in [0.717, 1.165) is 6.54 Å². The summed E-state index contributed by atoms with van der Waals surface area (Å²) in [7, 11) is 0. The molecule has 2 heteroatoms. The first-order chi connectivity index (χ1) is 8.56. The van der Waals surface area contributed by atoms with Crippen LogP contribution < -0.4 is 5.73 Å².